The zero-order valence-corrected chi connectivity index (χ0v) is 18.8. The van der Waals surface area contributed by atoms with Crippen LogP contribution in [0.1, 0.15) is 10.4 Å². The van der Waals surface area contributed by atoms with Gasteiger partial charge in [-0.05, 0) is 95.5 Å². The Morgan fingerprint density at radius 1 is 1.10 bits per heavy atom. The standard InChI is InChI=1S/C21H12ClFIN3O2S/c22-16-7-5-13(24)9-15(16)20-26-17-10-14(6-8-18(17)29-20)25-21(30)27-19(28)11-1-3-12(23)4-2-11/h1-10H,(H2,25,27,28,30). The number of rotatable bonds is 3. The third-order valence-corrected chi connectivity index (χ3v) is 5.34. The van der Waals surface area contributed by atoms with Gasteiger partial charge in [-0.15, -0.1) is 0 Å². The molecule has 0 aliphatic carbocycles. The number of nitrogens with one attached hydrogen (secondary N) is 2. The van der Waals surface area contributed by atoms with Crippen molar-refractivity contribution in [2.75, 3.05) is 5.32 Å². The Hall–Kier alpha value is -2.56. The monoisotopic (exact) mass is 551 g/mol. The summed E-state index contributed by atoms with van der Waals surface area (Å²) in [7, 11) is 0. The maximum absolute atomic E-state index is 13.0. The lowest BCUT2D eigenvalue weighted by molar-refractivity contribution is 0.0977. The molecule has 0 bridgehead atoms. The first-order chi connectivity index (χ1) is 14.4. The van der Waals surface area contributed by atoms with Gasteiger partial charge in [0.25, 0.3) is 5.91 Å². The lowest BCUT2D eigenvalue weighted by atomic mass is 10.2. The minimum Gasteiger partial charge on any atom is -0.436 e. The largest absolute Gasteiger partial charge is 0.436 e. The van der Waals surface area contributed by atoms with Crippen molar-refractivity contribution < 1.29 is 13.6 Å². The van der Waals surface area contributed by atoms with Crippen molar-refractivity contribution in [3.05, 3.63) is 80.6 Å². The Labute approximate surface area is 194 Å². The fraction of sp³-hybridized carbons (Fsp3) is 0. The molecule has 3 aromatic carbocycles. The van der Waals surface area contributed by atoms with Crippen LogP contribution in [0.4, 0.5) is 10.1 Å². The molecule has 0 aliphatic rings. The van der Waals surface area contributed by atoms with Gasteiger partial charge in [0.2, 0.25) is 5.89 Å². The highest BCUT2D eigenvalue weighted by molar-refractivity contribution is 14.1. The summed E-state index contributed by atoms with van der Waals surface area (Å²) in [5.74, 6) is -0.442. The Kier molecular flexibility index (Phi) is 5.98. The zero-order valence-electron chi connectivity index (χ0n) is 15.1. The van der Waals surface area contributed by atoms with E-state index in [1.54, 1.807) is 24.3 Å². The van der Waals surface area contributed by atoms with E-state index in [1.807, 2.05) is 12.1 Å². The number of hydrogen-bond acceptors (Lipinski definition) is 4. The molecule has 0 saturated heterocycles. The van der Waals surface area contributed by atoms with E-state index < -0.39 is 11.7 Å². The zero-order chi connectivity index (χ0) is 21.3. The van der Waals surface area contributed by atoms with E-state index in [4.69, 9.17) is 28.2 Å². The summed E-state index contributed by atoms with van der Waals surface area (Å²) in [6, 6.07) is 16.0. The number of hydrogen-bond donors (Lipinski definition) is 2. The Bertz CT molecular complexity index is 1280. The number of nitrogens with zero attached hydrogens (tertiary/aromatic N) is 1. The number of aromatic nitrogens is 1. The second-order valence-electron chi connectivity index (χ2n) is 6.24. The quantitative estimate of drug-likeness (QED) is 0.241. The van der Waals surface area contributed by atoms with Gasteiger partial charge in [-0.1, -0.05) is 11.6 Å². The van der Waals surface area contributed by atoms with Crippen molar-refractivity contribution in [2.45, 2.75) is 0 Å². The molecule has 0 unspecified atom stereocenters. The van der Waals surface area contributed by atoms with Crippen LogP contribution in [0.2, 0.25) is 5.02 Å². The van der Waals surface area contributed by atoms with Crippen LogP contribution >= 0.6 is 46.4 Å². The van der Waals surface area contributed by atoms with Gasteiger partial charge in [0.05, 0.1) is 10.6 Å². The molecular weight excluding hydrogens is 540 g/mol. The third-order valence-electron chi connectivity index (χ3n) is 4.14. The molecule has 5 nitrogen and oxygen atoms in total. The Balaban J connectivity index is 1.51. The van der Waals surface area contributed by atoms with Gasteiger partial charge in [0.1, 0.15) is 11.3 Å². The highest BCUT2D eigenvalue weighted by atomic mass is 127. The first kappa shape index (κ1) is 20.7. The molecule has 2 N–H and O–H groups in total. The number of halogens is 3. The number of oxazole rings is 1. The molecule has 0 radical (unpaired) electrons. The predicted molar refractivity (Wildman–Crippen MR) is 127 cm³/mol. The lowest BCUT2D eigenvalue weighted by Crippen LogP contribution is -2.34. The summed E-state index contributed by atoms with van der Waals surface area (Å²) in [6.45, 7) is 0. The van der Waals surface area contributed by atoms with E-state index in [0.29, 0.717) is 38.8 Å². The Morgan fingerprint density at radius 2 is 1.87 bits per heavy atom. The molecular formula is C21H12ClFIN3O2S. The van der Waals surface area contributed by atoms with Gasteiger partial charge in [0, 0.05) is 14.8 Å². The summed E-state index contributed by atoms with van der Waals surface area (Å²) in [4.78, 5) is 16.7. The summed E-state index contributed by atoms with van der Waals surface area (Å²) >= 11 is 13.7. The van der Waals surface area contributed by atoms with Gasteiger partial charge < -0.3 is 9.73 Å². The normalized spacial score (nSPS) is 10.8. The molecule has 30 heavy (non-hydrogen) atoms. The summed E-state index contributed by atoms with van der Waals surface area (Å²) in [5, 5.41) is 6.14. The van der Waals surface area contributed by atoms with E-state index in [0.717, 1.165) is 3.57 Å². The number of thiocarbonyl (C=S) groups is 1. The highest BCUT2D eigenvalue weighted by Crippen LogP contribution is 2.32. The Morgan fingerprint density at radius 3 is 2.63 bits per heavy atom. The first-order valence-electron chi connectivity index (χ1n) is 8.63. The summed E-state index contributed by atoms with van der Waals surface area (Å²) in [6.07, 6.45) is 0. The van der Waals surface area contributed by atoms with Crippen LogP contribution in [0.15, 0.2) is 65.1 Å². The van der Waals surface area contributed by atoms with Gasteiger partial charge in [-0.3, -0.25) is 10.1 Å². The molecule has 1 aromatic heterocycles. The van der Waals surface area contributed by atoms with Gasteiger partial charge in [0.15, 0.2) is 10.7 Å². The van der Waals surface area contributed by atoms with E-state index in [2.05, 4.69) is 38.2 Å². The second kappa shape index (κ2) is 8.66. The van der Waals surface area contributed by atoms with Crippen LogP contribution in [0.5, 0.6) is 0 Å². The summed E-state index contributed by atoms with van der Waals surface area (Å²) in [5.41, 5.74) is 2.83. The van der Waals surface area contributed by atoms with Crippen molar-refractivity contribution in [1.82, 2.24) is 10.3 Å². The number of anilines is 1. The number of carbonyl (C=O) groups is 1. The summed E-state index contributed by atoms with van der Waals surface area (Å²) < 4.78 is 19.8. The number of amides is 1. The van der Waals surface area contributed by atoms with Gasteiger partial charge >= 0.3 is 0 Å². The molecule has 0 atom stereocenters. The van der Waals surface area contributed by atoms with Crippen molar-refractivity contribution in [1.29, 1.82) is 0 Å². The minimum atomic E-state index is -0.439. The SMILES string of the molecule is O=C(NC(=S)Nc1ccc2oc(-c3cc(I)ccc3Cl)nc2c1)c1ccc(F)cc1. The average Bonchev–Trinajstić information content (AvgIpc) is 3.13. The molecule has 1 heterocycles. The van der Waals surface area contributed by atoms with E-state index in [-0.39, 0.29) is 5.11 Å². The maximum Gasteiger partial charge on any atom is 0.257 e. The van der Waals surface area contributed by atoms with Gasteiger partial charge in [-0.25, -0.2) is 9.37 Å². The van der Waals surface area contributed by atoms with Crippen LogP contribution in [-0.2, 0) is 0 Å². The topological polar surface area (TPSA) is 67.2 Å². The van der Waals surface area contributed by atoms with Crippen molar-refractivity contribution >= 4 is 74.2 Å². The van der Waals surface area contributed by atoms with E-state index in [1.165, 1.54) is 24.3 Å². The predicted octanol–water partition coefficient (Wildman–Crippen LogP) is 6.02. The second-order valence-corrected chi connectivity index (χ2v) is 8.30. The highest BCUT2D eigenvalue weighted by Gasteiger charge is 2.13. The third kappa shape index (κ3) is 4.61. The number of benzene rings is 3. The van der Waals surface area contributed by atoms with Crippen LogP contribution in [0.25, 0.3) is 22.6 Å². The molecule has 9 heteroatoms. The number of fused-ring (bicyclic) bond motifs is 1. The minimum absolute atomic E-state index is 0.105. The van der Waals surface area contributed by atoms with Crippen molar-refractivity contribution in [2.24, 2.45) is 0 Å². The van der Waals surface area contributed by atoms with Crippen LogP contribution in [0, 0.1) is 9.39 Å². The molecule has 0 saturated carbocycles. The fourth-order valence-electron chi connectivity index (χ4n) is 2.72. The van der Waals surface area contributed by atoms with Crippen molar-refractivity contribution in [3.63, 3.8) is 0 Å². The van der Waals surface area contributed by atoms with Crippen LogP contribution in [-0.4, -0.2) is 16.0 Å². The lowest BCUT2D eigenvalue weighted by Gasteiger charge is -2.09. The molecule has 0 fully saturated rings. The molecule has 0 aliphatic heterocycles. The van der Waals surface area contributed by atoms with Crippen LogP contribution < -0.4 is 10.6 Å². The molecule has 4 aromatic rings. The van der Waals surface area contributed by atoms with Crippen molar-refractivity contribution in [3.8, 4) is 11.5 Å². The fourth-order valence-corrected chi connectivity index (χ4v) is 3.62. The molecule has 1 amide bonds. The smallest absolute Gasteiger partial charge is 0.257 e. The maximum atomic E-state index is 13.0. The first-order valence-corrected chi connectivity index (χ1v) is 10.5. The van der Waals surface area contributed by atoms with Gasteiger partial charge in [-0.2, -0.15) is 0 Å². The number of carbonyl (C=O) groups excluding carboxylic acids is 1. The van der Waals surface area contributed by atoms with Crippen LogP contribution in [0.3, 0.4) is 0 Å². The average molecular weight is 552 g/mol. The molecule has 4 rings (SSSR count). The van der Waals surface area contributed by atoms with E-state index in [9.17, 15) is 9.18 Å². The van der Waals surface area contributed by atoms with E-state index >= 15 is 0 Å². The molecule has 150 valence electrons. The molecule has 0 spiro atoms.